The van der Waals surface area contributed by atoms with E-state index in [9.17, 15) is 14.4 Å². The van der Waals surface area contributed by atoms with Crippen LogP contribution in [0.15, 0.2) is 142 Å². The number of allylic oxidation sites excluding steroid dienone is 21. The van der Waals surface area contributed by atoms with Gasteiger partial charge in [-0.15, -0.1) is 0 Å². The second-order valence-electron chi connectivity index (χ2n) is 12.2. The molecule has 0 saturated heterocycles. The number of hydrogen-bond donors (Lipinski definition) is 0. The molecule has 48 heavy (non-hydrogen) atoms. The summed E-state index contributed by atoms with van der Waals surface area (Å²) < 4.78 is 9.59. The zero-order chi connectivity index (χ0) is 36.3. The number of methoxy groups -OCH3 is 1. The topological polar surface area (TPSA) is 69.7 Å². The maximum atomic E-state index is 12.2. The Hall–Kier alpha value is -4.51. The summed E-state index contributed by atoms with van der Waals surface area (Å²) >= 11 is 0. The van der Waals surface area contributed by atoms with Crippen molar-refractivity contribution < 1.29 is 23.9 Å². The Bertz CT molecular complexity index is 1440. The molecule has 0 N–H and O–H groups in total. The van der Waals surface area contributed by atoms with Crippen LogP contribution in [0.25, 0.3) is 0 Å². The zero-order valence-corrected chi connectivity index (χ0v) is 31.0. The van der Waals surface area contributed by atoms with Crippen LogP contribution in [-0.2, 0) is 23.9 Å². The fourth-order valence-corrected chi connectivity index (χ4v) is 4.03. The molecule has 0 aromatic carbocycles. The Kier molecular flexibility index (Phi) is 24.1. The molecule has 0 fully saturated rings. The van der Waals surface area contributed by atoms with Gasteiger partial charge in [-0.05, 0) is 101 Å². The van der Waals surface area contributed by atoms with Gasteiger partial charge in [0.1, 0.15) is 0 Å². The number of carbonyl (C=O) groups excluding carboxylic acids is 3. The summed E-state index contributed by atoms with van der Waals surface area (Å²) in [5, 5.41) is 0. The van der Waals surface area contributed by atoms with Gasteiger partial charge in [0.05, 0.1) is 7.11 Å². The smallest absolute Gasteiger partial charge is 0.338 e. The van der Waals surface area contributed by atoms with Crippen LogP contribution in [0.2, 0.25) is 0 Å². The molecule has 0 radical (unpaired) electrons. The largest absolute Gasteiger partial charge is 0.466 e. The molecule has 0 saturated carbocycles. The molecule has 260 valence electrons. The molecule has 5 heteroatoms. The summed E-state index contributed by atoms with van der Waals surface area (Å²) in [5.74, 6) is -1.70. The van der Waals surface area contributed by atoms with E-state index in [1.54, 1.807) is 19.1 Å². The van der Waals surface area contributed by atoms with Gasteiger partial charge < -0.3 is 9.47 Å². The van der Waals surface area contributed by atoms with Gasteiger partial charge in [-0.2, -0.15) is 0 Å². The molecular weight excluding hydrogens is 596 g/mol. The third-order valence-corrected chi connectivity index (χ3v) is 6.96. The lowest BCUT2D eigenvalue weighted by molar-refractivity contribution is -0.152. The van der Waals surface area contributed by atoms with Gasteiger partial charge in [-0.3, -0.25) is 0 Å². The zero-order valence-electron chi connectivity index (χ0n) is 31.0. The van der Waals surface area contributed by atoms with Gasteiger partial charge in [0.2, 0.25) is 0 Å². The highest BCUT2D eigenvalue weighted by Gasteiger charge is 2.05. The molecule has 0 amide bonds. The van der Waals surface area contributed by atoms with E-state index in [-0.39, 0.29) is 5.97 Å². The van der Waals surface area contributed by atoms with Crippen molar-refractivity contribution >= 4 is 17.9 Å². The molecule has 0 aliphatic rings. The molecule has 0 heterocycles. The van der Waals surface area contributed by atoms with Crippen molar-refractivity contribution in [3.05, 3.63) is 142 Å². The SMILES string of the molecule is COC(=O)/C(C)=C/C=C/C(C)=C/C=C/C=C(C)/C=C/C=C(C)/C=C/C(=O)OC(=O)/C=C(\C)CC/C=C(\C)CC/C=C(\C)CCC=C(C)C. The summed E-state index contributed by atoms with van der Waals surface area (Å²) in [4.78, 5) is 35.7. The van der Waals surface area contributed by atoms with Gasteiger partial charge in [-0.1, -0.05) is 124 Å². The predicted molar refractivity (Wildman–Crippen MR) is 203 cm³/mol. The fraction of sp³-hybridized carbons (Fsp3) is 0.372. The van der Waals surface area contributed by atoms with Gasteiger partial charge in [0.15, 0.2) is 0 Å². The van der Waals surface area contributed by atoms with Crippen molar-refractivity contribution in [3.63, 3.8) is 0 Å². The number of ether oxygens (including phenoxy) is 2. The molecule has 0 spiro atoms. The monoisotopic (exact) mass is 654 g/mol. The van der Waals surface area contributed by atoms with Crippen molar-refractivity contribution in [2.24, 2.45) is 0 Å². The normalized spacial score (nSPS) is 14.5. The Labute approximate surface area is 291 Å². The molecule has 0 aromatic heterocycles. The Morgan fingerprint density at radius 3 is 1.48 bits per heavy atom. The van der Waals surface area contributed by atoms with Gasteiger partial charge in [0, 0.05) is 17.7 Å². The molecule has 0 aromatic rings. The van der Waals surface area contributed by atoms with E-state index >= 15 is 0 Å². The highest BCUT2D eigenvalue weighted by atomic mass is 16.6. The summed E-state index contributed by atoms with van der Waals surface area (Å²) in [6, 6.07) is 0. The molecule has 0 aliphatic heterocycles. The van der Waals surface area contributed by atoms with Crippen molar-refractivity contribution in [1.82, 2.24) is 0 Å². The third-order valence-electron chi connectivity index (χ3n) is 6.96. The van der Waals surface area contributed by atoms with Crippen LogP contribution in [0.5, 0.6) is 0 Å². The molecule has 0 bridgehead atoms. The lowest BCUT2D eigenvalue weighted by Gasteiger charge is -2.03. The second-order valence-corrected chi connectivity index (χ2v) is 12.2. The van der Waals surface area contributed by atoms with Crippen molar-refractivity contribution in [2.75, 3.05) is 7.11 Å². The minimum atomic E-state index is -0.699. The van der Waals surface area contributed by atoms with Crippen LogP contribution in [-0.4, -0.2) is 25.0 Å². The summed E-state index contributed by atoms with van der Waals surface area (Å²) in [6.45, 7) is 18.0. The van der Waals surface area contributed by atoms with Gasteiger partial charge in [0.25, 0.3) is 0 Å². The first-order valence-electron chi connectivity index (χ1n) is 16.6. The maximum absolute atomic E-state index is 12.2. The first-order chi connectivity index (χ1) is 22.7. The molecule has 0 aliphatic carbocycles. The average Bonchev–Trinajstić information content (AvgIpc) is 3.01. The first kappa shape index (κ1) is 43.5. The number of esters is 3. The van der Waals surface area contributed by atoms with Crippen LogP contribution in [0.4, 0.5) is 0 Å². The minimum Gasteiger partial charge on any atom is -0.466 e. The van der Waals surface area contributed by atoms with E-state index < -0.39 is 11.9 Å². The van der Waals surface area contributed by atoms with Crippen molar-refractivity contribution in [2.45, 2.75) is 101 Å². The summed E-state index contributed by atoms with van der Waals surface area (Å²) in [5.41, 5.74) is 8.47. The van der Waals surface area contributed by atoms with Gasteiger partial charge in [-0.25, -0.2) is 14.4 Å². The molecule has 0 unspecified atom stereocenters. The standard InChI is InChI=1S/C43H58O5/c1-33(2)18-13-21-36(5)23-14-24-37(6)25-16-28-39(8)32-42(45)48-41(44)31-30-38(7)26-15-22-34(3)19-11-12-20-35(4)27-17-29-40(9)43(46)47-10/h11-12,15,17-20,22-23,25-27,29-32H,13-14,16,21,24,28H2,1-10H3/b12-11+,22-15+,27-17+,31-30+,34-19+,35-20+,36-23+,37-25+,38-26+,39-32+,40-29+. The van der Waals surface area contributed by atoms with Crippen LogP contribution in [0.1, 0.15) is 101 Å². The average molecular weight is 655 g/mol. The van der Waals surface area contributed by atoms with E-state index in [4.69, 9.17) is 4.74 Å². The third kappa shape index (κ3) is 25.7. The van der Waals surface area contributed by atoms with Gasteiger partial charge >= 0.3 is 17.9 Å². The van der Waals surface area contributed by atoms with Crippen LogP contribution < -0.4 is 0 Å². The van der Waals surface area contributed by atoms with E-state index in [1.165, 1.54) is 36.0 Å². The fourth-order valence-electron chi connectivity index (χ4n) is 4.03. The van der Waals surface area contributed by atoms with E-state index in [2.05, 4.69) is 50.7 Å². The molecular formula is C43H58O5. The summed E-state index contributed by atoms with van der Waals surface area (Å²) in [6.07, 6.45) is 35.9. The number of rotatable bonds is 19. The van der Waals surface area contributed by atoms with Crippen LogP contribution >= 0.6 is 0 Å². The van der Waals surface area contributed by atoms with E-state index in [1.807, 2.05) is 82.4 Å². The Morgan fingerprint density at radius 2 is 0.958 bits per heavy atom. The number of carbonyl (C=O) groups is 3. The molecule has 0 rings (SSSR count). The lowest BCUT2D eigenvalue weighted by atomic mass is 10.0. The highest BCUT2D eigenvalue weighted by molar-refractivity contribution is 5.96. The highest BCUT2D eigenvalue weighted by Crippen LogP contribution is 2.14. The Morgan fingerprint density at radius 1 is 0.500 bits per heavy atom. The van der Waals surface area contributed by atoms with Crippen molar-refractivity contribution in [3.8, 4) is 0 Å². The summed E-state index contributed by atoms with van der Waals surface area (Å²) in [7, 11) is 1.36. The quantitative estimate of drug-likeness (QED) is 0.0456. The molecule has 0 atom stereocenters. The minimum absolute atomic E-state index is 0.343. The Balaban J connectivity index is 4.68. The predicted octanol–water partition coefficient (Wildman–Crippen LogP) is 11.4. The molecule has 5 nitrogen and oxygen atoms in total. The van der Waals surface area contributed by atoms with E-state index in [0.29, 0.717) is 5.57 Å². The maximum Gasteiger partial charge on any atom is 0.338 e. The second kappa shape index (κ2) is 26.5. The lowest BCUT2D eigenvalue weighted by Crippen LogP contribution is -2.07. The van der Waals surface area contributed by atoms with Crippen molar-refractivity contribution in [1.29, 1.82) is 0 Å². The number of hydrogen-bond acceptors (Lipinski definition) is 5. The first-order valence-corrected chi connectivity index (χ1v) is 16.6. The van der Waals surface area contributed by atoms with Crippen LogP contribution in [0.3, 0.4) is 0 Å². The van der Waals surface area contributed by atoms with E-state index in [0.717, 1.165) is 60.8 Å². The van der Waals surface area contributed by atoms with Crippen LogP contribution in [0, 0.1) is 0 Å².